The number of carbonyl (C=O) groups excluding carboxylic acids is 1. The number of carbonyl (C=O) groups is 1. The molecule has 0 atom stereocenters. The minimum absolute atomic E-state index is 0.0821. The monoisotopic (exact) mass is 399 g/mol. The summed E-state index contributed by atoms with van der Waals surface area (Å²) in [5.74, 6) is -0.200. The van der Waals surface area contributed by atoms with E-state index in [1.807, 2.05) is 5.38 Å². The number of amides is 1. The molecule has 9 heteroatoms. The lowest BCUT2D eigenvalue weighted by atomic mass is 10.3. The summed E-state index contributed by atoms with van der Waals surface area (Å²) in [6, 6.07) is 6.74. The van der Waals surface area contributed by atoms with Gasteiger partial charge in [0.15, 0.2) is 5.16 Å². The fraction of sp³-hybridized carbons (Fsp3) is 0.133. The van der Waals surface area contributed by atoms with Gasteiger partial charge in [-0.05, 0) is 23.6 Å². The average molecular weight is 400 g/mol. The maximum Gasteiger partial charge on any atom is 0.262 e. The zero-order valence-corrected chi connectivity index (χ0v) is 15.5. The summed E-state index contributed by atoms with van der Waals surface area (Å²) in [5.41, 5.74) is 0.250. The smallest absolute Gasteiger partial charge is 0.262 e. The summed E-state index contributed by atoms with van der Waals surface area (Å²) < 4.78 is 1.44. The van der Waals surface area contributed by atoms with Gasteiger partial charge in [-0.3, -0.25) is 14.2 Å². The Balaban J connectivity index is 1.75. The Bertz CT molecular complexity index is 964. The van der Waals surface area contributed by atoms with E-state index in [2.05, 4.69) is 10.3 Å². The summed E-state index contributed by atoms with van der Waals surface area (Å²) in [5, 5.41) is 6.30. The summed E-state index contributed by atoms with van der Waals surface area (Å²) in [6.45, 7) is 0. The highest BCUT2D eigenvalue weighted by Crippen LogP contribution is 2.30. The van der Waals surface area contributed by atoms with Gasteiger partial charge in [0.1, 0.15) is 4.83 Å². The van der Waals surface area contributed by atoms with E-state index in [0.717, 1.165) is 0 Å². The molecule has 0 fully saturated rings. The molecule has 0 unspecified atom stereocenters. The lowest BCUT2D eigenvalue weighted by molar-refractivity contribution is -0.113. The molecule has 124 valence electrons. The number of para-hydroxylation sites is 1. The van der Waals surface area contributed by atoms with Crippen molar-refractivity contribution in [2.24, 2.45) is 7.05 Å². The van der Waals surface area contributed by atoms with Crippen molar-refractivity contribution in [1.82, 2.24) is 9.55 Å². The first kappa shape index (κ1) is 17.3. The number of nitrogens with one attached hydrogen (secondary N) is 1. The Labute approximate surface area is 155 Å². The Kier molecular flexibility index (Phi) is 5.15. The molecule has 0 aliphatic carbocycles. The molecule has 3 aromatic rings. The molecule has 0 radical (unpaired) electrons. The number of nitrogens with zero attached hydrogens (tertiary/aromatic N) is 2. The van der Waals surface area contributed by atoms with E-state index in [1.54, 1.807) is 31.3 Å². The van der Waals surface area contributed by atoms with E-state index in [1.165, 1.54) is 27.7 Å². The lowest BCUT2D eigenvalue weighted by Crippen LogP contribution is -2.21. The number of halogens is 2. The van der Waals surface area contributed by atoms with Crippen LogP contribution in [-0.4, -0.2) is 21.2 Å². The topological polar surface area (TPSA) is 64.0 Å². The van der Waals surface area contributed by atoms with Crippen LogP contribution in [0.5, 0.6) is 0 Å². The standard InChI is InChI=1S/C15H11Cl2N3O2S2/c1-20-14(22)8-5-6-23-13(8)19-15(20)24-7-11(21)18-12-9(16)3-2-4-10(12)17/h2-6H,7H2,1H3,(H,18,21). The van der Waals surface area contributed by atoms with Crippen LogP contribution in [0.15, 0.2) is 39.6 Å². The second-order valence-corrected chi connectivity index (χ2v) is 7.48. The molecule has 0 spiro atoms. The van der Waals surface area contributed by atoms with E-state index in [4.69, 9.17) is 23.2 Å². The number of fused-ring (bicyclic) bond motifs is 1. The Morgan fingerprint density at radius 3 is 2.75 bits per heavy atom. The van der Waals surface area contributed by atoms with Gasteiger partial charge in [-0.15, -0.1) is 11.3 Å². The molecule has 0 bridgehead atoms. The minimum Gasteiger partial charge on any atom is -0.323 e. The van der Waals surface area contributed by atoms with Crippen molar-refractivity contribution < 1.29 is 4.79 Å². The van der Waals surface area contributed by atoms with Crippen LogP contribution in [0.4, 0.5) is 5.69 Å². The molecule has 0 aliphatic heterocycles. The lowest BCUT2D eigenvalue weighted by Gasteiger charge is -2.10. The molecule has 0 aliphatic rings. The maximum absolute atomic E-state index is 12.2. The van der Waals surface area contributed by atoms with Crippen LogP contribution in [0.3, 0.4) is 0 Å². The second kappa shape index (κ2) is 7.14. The number of aromatic nitrogens is 2. The zero-order chi connectivity index (χ0) is 17.3. The van der Waals surface area contributed by atoms with Crippen molar-refractivity contribution in [1.29, 1.82) is 0 Å². The Hall–Kier alpha value is -1.54. The van der Waals surface area contributed by atoms with Crippen LogP contribution in [0.1, 0.15) is 0 Å². The van der Waals surface area contributed by atoms with Crippen molar-refractivity contribution in [2.45, 2.75) is 5.16 Å². The SMILES string of the molecule is Cn1c(SCC(=O)Nc2c(Cl)cccc2Cl)nc2sccc2c1=O. The predicted octanol–water partition coefficient (Wildman–Crippen LogP) is 4.03. The molecule has 0 saturated carbocycles. The maximum atomic E-state index is 12.2. The fourth-order valence-electron chi connectivity index (χ4n) is 2.03. The largest absolute Gasteiger partial charge is 0.323 e. The van der Waals surface area contributed by atoms with Gasteiger partial charge in [-0.1, -0.05) is 41.0 Å². The van der Waals surface area contributed by atoms with Crippen LogP contribution in [0.2, 0.25) is 10.0 Å². The third-order valence-corrected chi connectivity index (χ3v) is 5.69. The molecule has 1 N–H and O–H groups in total. The summed E-state index contributed by atoms with van der Waals surface area (Å²) >= 11 is 14.6. The van der Waals surface area contributed by atoms with Crippen LogP contribution >= 0.6 is 46.3 Å². The second-order valence-electron chi connectivity index (χ2n) is 4.83. The van der Waals surface area contributed by atoms with Gasteiger partial charge in [-0.25, -0.2) is 4.98 Å². The average Bonchev–Trinajstić information content (AvgIpc) is 3.02. The highest BCUT2D eigenvalue weighted by molar-refractivity contribution is 7.99. The third kappa shape index (κ3) is 3.44. The first-order valence-corrected chi connectivity index (χ1v) is 9.40. The van der Waals surface area contributed by atoms with Crippen molar-refractivity contribution in [3.05, 3.63) is 50.0 Å². The summed E-state index contributed by atoms with van der Waals surface area (Å²) in [4.78, 5) is 29.4. The molecule has 5 nitrogen and oxygen atoms in total. The van der Waals surface area contributed by atoms with Crippen LogP contribution in [-0.2, 0) is 11.8 Å². The van der Waals surface area contributed by atoms with E-state index >= 15 is 0 Å². The number of thioether (sulfide) groups is 1. The normalized spacial score (nSPS) is 11.0. The Morgan fingerprint density at radius 1 is 1.33 bits per heavy atom. The van der Waals surface area contributed by atoms with E-state index in [0.29, 0.717) is 31.1 Å². The number of hydrogen-bond donors (Lipinski definition) is 1. The zero-order valence-electron chi connectivity index (χ0n) is 12.4. The highest BCUT2D eigenvalue weighted by Gasteiger charge is 2.13. The van der Waals surface area contributed by atoms with Crippen molar-refractivity contribution in [2.75, 3.05) is 11.1 Å². The van der Waals surface area contributed by atoms with Gasteiger partial charge in [0.2, 0.25) is 5.91 Å². The number of rotatable bonds is 4. The molecule has 1 amide bonds. The number of anilines is 1. The number of hydrogen-bond acceptors (Lipinski definition) is 5. The van der Waals surface area contributed by atoms with Crippen molar-refractivity contribution >= 4 is 68.1 Å². The van der Waals surface area contributed by atoms with Gasteiger partial charge >= 0.3 is 0 Å². The summed E-state index contributed by atoms with van der Waals surface area (Å²) in [7, 11) is 1.64. The van der Waals surface area contributed by atoms with E-state index in [-0.39, 0.29) is 17.2 Å². The molecule has 2 aromatic heterocycles. The Morgan fingerprint density at radius 2 is 2.04 bits per heavy atom. The van der Waals surface area contributed by atoms with Gasteiger partial charge in [-0.2, -0.15) is 0 Å². The van der Waals surface area contributed by atoms with Crippen LogP contribution in [0.25, 0.3) is 10.2 Å². The fourth-order valence-corrected chi connectivity index (χ4v) is 4.10. The van der Waals surface area contributed by atoms with E-state index < -0.39 is 0 Å². The van der Waals surface area contributed by atoms with Gasteiger partial charge in [0.25, 0.3) is 5.56 Å². The van der Waals surface area contributed by atoms with Crippen molar-refractivity contribution in [3.63, 3.8) is 0 Å². The molecular weight excluding hydrogens is 389 g/mol. The van der Waals surface area contributed by atoms with Gasteiger partial charge < -0.3 is 5.32 Å². The van der Waals surface area contributed by atoms with Crippen LogP contribution in [0, 0.1) is 0 Å². The first-order valence-electron chi connectivity index (χ1n) is 6.78. The highest BCUT2D eigenvalue weighted by atomic mass is 35.5. The van der Waals surface area contributed by atoms with E-state index in [9.17, 15) is 9.59 Å². The molecule has 1 aromatic carbocycles. The van der Waals surface area contributed by atoms with Crippen molar-refractivity contribution in [3.8, 4) is 0 Å². The predicted molar refractivity (Wildman–Crippen MR) is 101 cm³/mol. The van der Waals surface area contributed by atoms with Gasteiger partial charge in [0.05, 0.1) is 26.9 Å². The number of benzene rings is 1. The third-order valence-electron chi connectivity index (χ3n) is 3.22. The molecule has 0 saturated heterocycles. The summed E-state index contributed by atoms with van der Waals surface area (Å²) in [6.07, 6.45) is 0. The number of thiophene rings is 1. The van der Waals surface area contributed by atoms with Crippen LogP contribution < -0.4 is 10.9 Å². The molecular formula is C15H11Cl2N3O2S2. The first-order chi connectivity index (χ1) is 11.5. The molecule has 24 heavy (non-hydrogen) atoms. The quantitative estimate of drug-likeness (QED) is 0.531. The van der Waals surface area contributed by atoms with Gasteiger partial charge in [0, 0.05) is 7.05 Å². The molecule has 2 heterocycles. The minimum atomic E-state index is -0.282. The molecule has 3 rings (SSSR count).